The lowest BCUT2D eigenvalue weighted by Crippen LogP contribution is -2.50. The van der Waals surface area contributed by atoms with Gasteiger partial charge >= 0.3 is 6.03 Å². The fourth-order valence-corrected chi connectivity index (χ4v) is 3.92. The van der Waals surface area contributed by atoms with Crippen LogP contribution in [0.1, 0.15) is 18.4 Å². The van der Waals surface area contributed by atoms with Gasteiger partial charge in [-0.2, -0.15) is 0 Å². The molecule has 2 aromatic rings. The van der Waals surface area contributed by atoms with Crippen LogP contribution >= 0.6 is 11.6 Å². The number of nitrogens with one attached hydrogen (secondary N) is 1. The summed E-state index contributed by atoms with van der Waals surface area (Å²) >= 11 is 5.95. The summed E-state index contributed by atoms with van der Waals surface area (Å²) in [5.74, 6) is -0.370. The second-order valence-corrected chi connectivity index (χ2v) is 8.01. The Kier molecular flexibility index (Phi) is 8.49. The van der Waals surface area contributed by atoms with Gasteiger partial charge in [-0.05, 0) is 55.2 Å². The van der Waals surface area contributed by atoms with Gasteiger partial charge in [0.15, 0.2) is 0 Å². The van der Waals surface area contributed by atoms with Gasteiger partial charge in [0.05, 0.1) is 6.61 Å². The minimum absolute atomic E-state index is 0.139. The van der Waals surface area contributed by atoms with Gasteiger partial charge < -0.3 is 19.9 Å². The second kappa shape index (κ2) is 11.3. The molecular weight excluding hydrogens is 405 g/mol. The van der Waals surface area contributed by atoms with Crippen LogP contribution in [0.3, 0.4) is 0 Å². The number of benzene rings is 2. The lowest BCUT2D eigenvalue weighted by Gasteiger charge is -2.38. The summed E-state index contributed by atoms with van der Waals surface area (Å²) in [6, 6.07) is 13.9. The average molecular weight is 434 g/mol. The van der Waals surface area contributed by atoms with E-state index in [1.165, 1.54) is 17.7 Å². The second-order valence-electron chi connectivity index (χ2n) is 7.58. The number of nitrogens with zero attached hydrogens (tertiary/aromatic N) is 2. The molecule has 1 aliphatic heterocycles. The summed E-state index contributed by atoms with van der Waals surface area (Å²) in [5.41, 5.74) is 1.74. The maximum atomic E-state index is 13.4. The predicted molar refractivity (Wildman–Crippen MR) is 119 cm³/mol. The van der Waals surface area contributed by atoms with E-state index in [4.69, 9.17) is 16.3 Å². The number of rotatable bonds is 8. The maximum absolute atomic E-state index is 13.4. The molecule has 0 radical (unpaired) electrons. The number of urea groups is 1. The van der Waals surface area contributed by atoms with Gasteiger partial charge in [-0.1, -0.05) is 29.8 Å². The molecule has 2 aromatic carbocycles. The van der Waals surface area contributed by atoms with Gasteiger partial charge in [0.1, 0.15) is 5.82 Å². The standard InChI is InChI=1S/C23H29ClFN3O2/c1-30-16-15-28(23(29)26-21-4-2-3-20(25)17-21)22-10-13-27(14-11-22)12-9-18-5-7-19(24)8-6-18/h2-8,17,22H,9-16H2,1H3,(H,26,29). The zero-order valence-corrected chi connectivity index (χ0v) is 18.1. The quantitative estimate of drug-likeness (QED) is 0.658. The number of piperidine rings is 1. The fraction of sp³-hybridized carbons (Fsp3) is 0.435. The van der Waals surface area contributed by atoms with Crippen molar-refractivity contribution in [2.45, 2.75) is 25.3 Å². The number of methoxy groups -OCH3 is 1. The van der Waals surface area contributed by atoms with Gasteiger partial charge in [0.25, 0.3) is 0 Å². The lowest BCUT2D eigenvalue weighted by atomic mass is 10.0. The van der Waals surface area contributed by atoms with E-state index in [0.29, 0.717) is 18.8 Å². The number of halogens is 2. The van der Waals surface area contributed by atoms with E-state index in [2.05, 4.69) is 22.3 Å². The number of amides is 2. The molecule has 0 aromatic heterocycles. The van der Waals surface area contributed by atoms with Crippen LogP contribution in [0.5, 0.6) is 0 Å². The van der Waals surface area contributed by atoms with Crippen LogP contribution in [0.4, 0.5) is 14.9 Å². The minimum atomic E-state index is -0.370. The highest BCUT2D eigenvalue weighted by Crippen LogP contribution is 2.19. The molecule has 162 valence electrons. The molecule has 1 saturated heterocycles. The highest BCUT2D eigenvalue weighted by molar-refractivity contribution is 6.30. The molecule has 3 rings (SSSR count). The third-order valence-corrected chi connectivity index (χ3v) is 5.75. The largest absolute Gasteiger partial charge is 0.383 e. The molecule has 7 heteroatoms. The molecule has 30 heavy (non-hydrogen) atoms. The topological polar surface area (TPSA) is 44.8 Å². The van der Waals surface area contributed by atoms with Crippen LogP contribution in [0.15, 0.2) is 48.5 Å². The zero-order chi connectivity index (χ0) is 21.3. The Bertz CT molecular complexity index is 810. The number of likely N-dealkylation sites (tertiary alicyclic amines) is 1. The number of hydrogen-bond acceptors (Lipinski definition) is 3. The fourth-order valence-electron chi connectivity index (χ4n) is 3.79. The summed E-state index contributed by atoms with van der Waals surface area (Å²) in [6.07, 6.45) is 2.79. The van der Waals surface area contributed by atoms with Crippen molar-refractivity contribution in [1.82, 2.24) is 9.80 Å². The molecule has 0 spiro atoms. The van der Waals surface area contributed by atoms with Crippen molar-refractivity contribution in [3.05, 3.63) is 64.9 Å². The average Bonchev–Trinajstić information content (AvgIpc) is 2.74. The number of anilines is 1. The molecule has 0 aliphatic carbocycles. The van der Waals surface area contributed by atoms with E-state index < -0.39 is 0 Å². The first-order valence-corrected chi connectivity index (χ1v) is 10.7. The Labute approximate surface area is 182 Å². The molecule has 1 heterocycles. The highest BCUT2D eigenvalue weighted by atomic mass is 35.5. The summed E-state index contributed by atoms with van der Waals surface area (Å²) in [7, 11) is 1.63. The first-order chi connectivity index (χ1) is 14.5. The summed E-state index contributed by atoms with van der Waals surface area (Å²) in [6.45, 7) is 3.84. The molecule has 0 atom stereocenters. The van der Waals surface area contributed by atoms with Gasteiger partial charge in [0.2, 0.25) is 0 Å². The number of carbonyl (C=O) groups excluding carboxylic acids is 1. The third-order valence-electron chi connectivity index (χ3n) is 5.50. The number of ether oxygens (including phenoxy) is 1. The predicted octanol–water partition coefficient (Wildman–Crippen LogP) is 4.67. The van der Waals surface area contributed by atoms with E-state index in [9.17, 15) is 9.18 Å². The summed E-state index contributed by atoms with van der Waals surface area (Å²) in [5, 5.41) is 3.58. The SMILES string of the molecule is COCCN(C(=O)Nc1cccc(F)c1)C1CCN(CCc2ccc(Cl)cc2)CC1. The maximum Gasteiger partial charge on any atom is 0.322 e. The Hall–Kier alpha value is -2.15. The monoisotopic (exact) mass is 433 g/mol. The Morgan fingerprint density at radius 1 is 1.23 bits per heavy atom. The highest BCUT2D eigenvalue weighted by Gasteiger charge is 2.27. The molecule has 0 unspecified atom stereocenters. The van der Waals surface area contributed by atoms with Crippen LogP contribution in [0.2, 0.25) is 5.02 Å². The molecular formula is C23H29ClFN3O2. The van der Waals surface area contributed by atoms with Crippen molar-refractivity contribution in [3.8, 4) is 0 Å². The molecule has 2 amide bonds. The molecule has 0 bridgehead atoms. The van der Waals surface area contributed by atoms with E-state index in [1.807, 2.05) is 17.0 Å². The van der Waals surface area contributed by atoms with Gasteiger partial charge in [-0.15, -0.1) is 0 Å². The molecule has 0 saturated carbocycles. The molecule has 1 aliphatic rings. The third kappa shape index (κ3) is 6.69. The van der Waals surface area contributed by atoms with Gasteiger partial charge in [0, 0.05) is 50.0 Å². The minimum Gasteiger partial charge on any atom is -0.383 e. The van der Waals surface area contributed by atoms with Crippen molar-refractivity contribution >= 4 is 23.3 Å². The van der Waals surface area contributed by atoms with E-state index in [1.54, 1.807) is 19.2 Å². The van der Waals surface area contributed by atoms with E-state index >= 15 is 0 Å². The van der Waals surface area contributed by atoms with Crippen LogP contribution in [-0.4, -0.2) is 61.8 Å². The van der Waals surface area contributed by atoms with Crippen molar-refractivity contribution in [2.75, 3.05) is 45.2 Å². The van der Waals surface area contributed by atoms with Crippen molar-refractivity contribution in [2.24, 2.45) is 0 Å². The van der Waals surface area contributed by atoms with E-state index in [-0.39, 0.29) is 17.9 Å². The van der Waals surface area contributed by atoms with Crippen LogP contribution in [0, 0.1) is 5.82 Å². The van der Waals surface area contributed by atoms with Crippen molar-refractivity contribution < 1.29 is 13.9 Å². The first-order valence-electron chi connectivity index (χ1n) is 10.3. The lowest BCUT2D eigenvalue weighted by molar-refractivity contribution is 0.101. The van der Waals surface area contributed by atoms with Crippen LogP contribution in [-0.2, 0) is 11.2 Å². The molecule has 5 nitrogen and oxygen atoms in total. The smallest absolute Gasteiger partial charge is 0.322 e. The summed E-state index contributed by atoms with van der Waals surface area (Å²) in [4.78, 5) is 17.1. The Morgan fingerprint density at radius 3 is 2.63 bits per heavy atom. The van der Waals surface area contributed by atoms with Crippen molar-refractivity contribution in [1.29, 1.82) is 0 Å². The van der Waals surface area contributed by atoms with E-state index in [0.717, 1.165) is 43.9 Å². The number of hydrogen-bond donors (Lipinski definition) is 1. The number of carbonyl (C=O) groups is 1. The van der Waals surface area contributed by atoms with Gasteiger partial charge in [-0.3, -0.25) is 0 Å². The van der Waals surface area contributed by atoms with Gasteiger partial charge in [-0.25, -0.2) is 9.18 Å². The first kappa shape index (κ1) is 22.5. The molecule has 1 fully saturated rings. The van der Waals surface area contributed by atoms with Crippen LogP contribution < -0.4 is 5.32 Å². The summed E-state index contributed by atoms with van der Waals surface area (Å²) < 4.78 is 18.6. The normalized spacial score (nSPS) is 15.2. The van der Waals surface area contributed by atoms with Crippen molar-refractivity contribution in [3.63, 3.8) is 0 Å². The molecule has 1 N–H and O–H groups in total. The Balaban J connectivity index is 1.52. The Morgan fingerprint density at radius 2 is 1.97 bits per heavy atom. The van der Waals surface area contributed by atoms with Crippen LogP contribution in [0.25, 0.3) is 0 Å². The zero-order valence-electron chi connectivity index (χ0n) is 17.3.